The Morgan fingerprint density at radius 1 is 0.853 bits per heavy atom. The van der Waals surface area contributed by atoms with Crippen molar-refractivity contribution in [1.82, 2.24) is 4.90 Å². The van der Waals surface area contributed by atoms with Crippen LogP contribution in [-0.4, -0.2) is 42.9 Å². The molecule has 2 aliphatic heterocycles. The van der Waals surface area contributed by atoms with E-state index in [0.717, 1.165) is 34.6 Å². The summed E-state index contributed by atoms with van der Waals surface area (Å²) >= 11 is 0. The van der Waals surface area contributed by atoms with Crippen molar-refractivity contribution in [3.63, 3.8) is 0 Å². The molecule has 2 amide bonds. The van der Waals surface area contributed by atoms with Crippen molar-refractivity contribution >= 4 is 23.2 Å². The van der Waals surface area contributed by atoms with Gasteiger partial charge >= 0.3 is 0 Å². The Balaban J connectivity index is 1.28. The molecule has 3 aromatic rings. The van der Waals surface area contributed by atoms with E-state index in [1.165, 1.54) is 6.07 Å². The quantitative estimate of drug-likeness (QED) is 0.578. The van der Waals surface area contributed by atoms with Crippen molar-refractivity contribution in [1.29, 1.82) is 0 Å². The molecule has 0 saturated carbocycles. The van der Waals surface area contributed by atoms with Crippen LogP contribution in [0.2, 0.25) is 0 Å². The molecule has 0 bridgehead atoms. The van der Waals surface area contributed by atoms with E-state index in [9.17, 15) is 18.4 Å². The fourth-order valence-corrected chi connectivity index (χ4v) is 4.68. The van der Waals surface area contributed by atoms with Gasteiger partial charge in [-0.2, -0.15) is 0 Å². The van der Waals surface area contributed by atoms with E-state index < -0.39 is 17.5 Å². The minimum absolute atomic E-state index is 0.105. The number of carbonyl (C=O) groups is 2. The molecule has 2 heterocycles. The number of aryl methyl sites for hydroxylation is 1. The van der Waals surface area contributed by atoms with Crippen LogP contribution in [-0.2, 0) is 17.8 Å². The van der Waals surface area contributed by atoms with Crippen molar-refractivity contribution in [2.45, 2.75) is 19.4 Å². The van der Waals surface area contributed by atoms with Gasteiger partial charge in [0.25, 0.3) is 5.91 Å². The van der Waals surface area contributed by atoms with E-state index in [-0.39, 0.29) is 11.5 Å². The van der Waals surface area contributed by atoms with Gasteiger partial charge in [0.05, 0.1) is 12.1 Å². The summed E-state index contributed by atoms with van der Waals surface area (Å²) in [6, 6.07) is 19.2. The predicted molar refractivity (Wildman–Crippen MR) is 127 cm³/mol. The monoisotopic (exact) mass is 461 g/mol. The van der Waals surface area contributed by atoms with E-state index in [1.54, 1.807) is 4.90 Å². The SMILES string of the molecule is O=C(c1ccc(F)cc1F)N1CCN(c2ccc3c(c2)CCC(=O)N3Cc2ccccc2)CC1. The van der Waals surface area contributed by atoms with Gasteiger partial charge in [-0.05, 0) is 47.9 Å². The number of halogens is 2. The smallest absolute Gasteiger partial charge is 0.256 e. The van der Waals surface area contributed by atoms with Gasteiger partial charge in [0.15, 0.2) is 0 Å². The first-order valence-electron chi connectivity index (χ1n) is 11.5. The fourth-order valence-electron chi connectivity index (χ4n) is 4.68. The molecule has 7 heteroatoms. The second-order valence-corrected chi connectivity index (χ2v) is 8.68. The fraction of sp³-hybridized carbons (Fsp3) is 0.259. The first-order valence-corrected chi connectivity index (χ1v) is 11.5. The summed E-state index contributed by atoms with van der Waals surface area (Å²) in [5.41, 5.74) is 4.12. The van der Waals surface area contributed by atoms with Crippen molar-refractivity contribution in [2.75, 3.05) is 36.0 Å². The van der Waals surface area contributed by atoms with Crippen molar-refractivity contribution in [3.05, 3.63) is 95.1 Å². The molecule has 3 aromatic carbocycles. The van der Waals surface area contributed by atoms with Gasteiger partial charge in [-0.1, -0.05) is 30.3 Å². The van der Waals surface area contributed by atoms with Crippen LogP contribution in [0.4, 0.5) is 20.2 Å². The zero-order valence-corrected chi connectivity index (χ0v) is 18.7. The van der Waals surface area contributed by atoms with Crippen molar-refractivity contribution < 1.29 is 18.4 Å². The number of rotatable bonds is 4. The molecule has 2 aliphatic rings. The standard InChI is InChI=1S/C27H25F2N3O2/c28-21-7-9-23(24(29)17-21)27(34)31-14-12-30(13-15-31)22-8-10-25-20(16-22)6-11-26(33)32(25)18-19-4-2-1-3-5-19/h1-5,7-10,16-17H,6,11-15,18H2. The van der Waals surface area contributed by atoms with Gasteiger partial charge in [0, 0.05) is 50.0 Å². The second-order valence-electron chi connectivity index (χ2n) is 8.68. The Hall–Kier alpha value is -3.74. The molecular formula is C27H25F2N3O2. The summed E-state index contributed by atoms with van der Waals surface area (Å²) in [5.74, 6) is -1.83. The average molecular weight is 462 g/mol. The molecule has 0 unspecified atom stereocenters. The summed E-state index contributed by atoms with van der Waals surface area (Å²) in [7, 11) is 0. The third-order valence-electron chi connectivity index (χ3n) is 6.54. The largest absolute Gasteiger partial charge is 0.368 e. The minimum Gasteiger partial charge on any atom is -0.368 e. The molecule has 0 spiro atoms. The molecule has 34 heavy (non-hydrogen) atoms. The van der Waals surface area contributed by atoms with Gasteiger partial charge < -0.3 is 14.7 Å². The van der Waals surface area contributed by atoms with Crippen LogP contribution in [0, 0.1) is 11.6 Å². The maximum atomic E-state index is 14.0. The maximum absolute atomic E-state index is 14.0. The van der Waals surface area contributed by atoms with Crippen LogP contribution >= 0.6 is 0 Å². The highest BCUT2D eigenvalue weighted by molar-refractivity contribution is 5.97. The van der Waals surface area contributed by atoms with E-state index >= 15 is 0 Å². The van der Waals surface area contributed by atoms with Crippen LogP contribution in [0.5, 0.6) is 0 Å². The maximum Gasteiger partial charge on any atom is 0.256 e. The van der Waals surface area contributed by atoms with Crippen LogP contribution in [0.3, 0.4) is 0 Å². The highest BCUT2D eigenvalue weighted by Crippen LogP contribution is 2.33. The lowest BCUT2D eigenvalue weighted by Crippen LogP contribution is -2.49. The second kappa shape index (κ2) is 9.25. The first kappa shape index (κ1) is 22.1. The van der Waals surface area contributed by atoms with E-state index in [1.807, 2.05) is 47.4 Å². The summed E-state index contributed by atoms with van der Waals surface area (Å²) < 4.78 is 27.2. The lowest BCUT2D eigenvalue weighted by Gasteiger charge is -2.37. The molecule has 1 saturated heterocycles. The molecule has 0 aliphatic carbocycles. The number of fused-ring (bicyclic) bond motifs is 1. The van der Waals surface area contributed by atoms with Crippen LogP contribution in [0.1, 0.15) is 27.9 Å². The average Bonchev–Trinajstić information content (AvgIpc) is 2.86. The molecule has 0 atom stereocenters. The van der Waals surface area contributed by atoms with Gasteiger partial charge in [0.2, 0.25) is 5.91 Å². The van der Waals surface area contributed by atoms with Gasteiger partial charge in [-0.3, -0.25) is 9.59 Å². The first-order chi connectivity index (χ1) is 16.5. The van der Waals surface area contributed by atoms with E-state index in [4.69, 9.17) is 0 Å². The number of amides is 2. The van der Waals surface area contributed by atoms with Gasteiger partial charge in [-0.25, -0.2) is 8.78 Å². The van der Waals surface area contributed by atoms with Gasteiger partial charge in [0.1, 0.15) is 11.6 Å². The van der Waals surface area contributed by atoms with Crippen molar-refractivity contribution in [2.24, 2.45) is 0 Å². The predicted octanol–water partition coefficient (Wildman–Crippen LogP) is 4.41. The van der Waals surface area contributed by atoms with E-state index in [2.05, 4.69) is 11.0 Å². The molecule has 0 radical (unpaired) electrons. The zero-order valence-electron chi connectivity index (χ0n) is 18.7. The molecule has 174 valence electrons. The summed E-state index contributed by atoms with van der Waals surface area (Å²) in [6.07, 6.45) is 1.18. The molecule has 0 N–H and O–H groups in total. The molecule has 1 fully saturated rings. The highest BCUT2D eigenvalue weighted by atomic mass is 19.1. The highest BCUT2D eigenvalue weighted by Gasteiger charge is 2.27. The van der Waals surface area contributed by atoms with Crippen LogP contribution in [0.15, 0.2) is 66.7 Å². The third-order valence-corrected chi connectivity index (χ3v) is 6.54. The Morgan fingerprint density at radius 3 is 2.35 bits per heavy atom. The minimum atomic E-state index is -0.836. The Labute approximate surface area is 197 Å². The molecule has 0 aromatic heterocycles. The van der Waals surface area contributed by atoms with E-state index in [0.29, 0.717) is 45.6 Å². The molecule has 5 nitrogen and oxygen atoms in total. The number of anilines is 2. The van der Waals surface area contributed by atoms with Crippen LogP contribution in [0.25, 0.3) is 0 Å². The normalized spacial score (nSPS) is 15.9. The number of hydrogen-bond acceptors (Lipinski definition) is 3. The van der Waals surface area contributed by atoms with Gasteiger partial charge in [-0.15, -0.1) is 0 Å². The number of hydrogen-bond donors (Lipinski definition) is 0. The Morgan fingerprint density at radius 2 is 1.62 bits per heavy atom. The Kier molecular flexibility index (Phi) is 6.01. The lowest BCUT2D eigenvalue weighted by atomic mass is 9.99. The number of piperazine rings is 1. The Bertz CT molecular complexity index is 1220. The molecular weight excluding hydrogens is 436 g/mol. The lowest BCUT2D eigenvalue weighted by molar-refractivity contribution is -0.119. The zero-order chi connectivity index (χ0) is 23.7. The number of carbonyl (C=O) groups excluding carboxylic acids is 2. The van der Waals surface area contributed by atoms with Crippen molar-refractivity contribution in [3.8, 4) is 0 Å². The summed E-state index contributed by atoms with van der Waals surface area (Å²) in [5, 5.41) is 0. The third kappa shape index (κ3) is 4.38. The molecule has 5 rings (SSSR count). The summed E-state index contributed by atoms with van der Waals surface area (Å²) in [4.78, 5) is 31.0. The topological polar surface area (TPSA) is 43.9 Å². The number of benzene rings is 3. The summed E-state index contributed by atoms with van der Waals surface area (Å²) in [6.45, 7) is 2.67. The number of nitrogens with zero attached hydrogens (tertiary/aromatic N) is 3. The van der Waals surface area contributed by atoms with Crippen LogP contribution < -0.4 is 9.80 Å².